The largest absolute Gasteiger partial charge is 0.388 e. The number of carbonyl (C=O) groups excluding carboxylic acids is 2. The molecule has 0 atom stereocenters. The third-order valence-corrected chi connectivity index (χ3v) is 3.11. The summed E-state index contributed by atoms with van der Waals surface area (Å²) in [4.78, 5) is 22.2. The molecule has 6 heteroatoms. The van der Waals surface area contributed by atoms with Gasteiger partial charge in [0.15, 0.2) is 0 Å². The second-order valence-corrected chi connectivity index (χ2v) is 4.64. The van der Waals surface area contributed by atoms with Gasteiger partial charge in [0.1, 0.15) is 0 Å². The monoisotopic (exact) mass is 310 g/mol. The lowest BCUT2D eigenvalue weighted by molar-refractivity contribution is -0.110. The highest BCUT2D eigenvalue weighted by atomic mass is 16.1. The molecule has 0 aliphatic carbocycles. The van der Waals surface area contributed by atoms with Gasteiger partial charge in [-0.05, 0) is 48.0 Å². The molecule has 118 valence electrons. The molecule has 23 heavy (non-hydrogen) atoms. The van der Waals surface area contributed by atoms with E-state index >= 15 is 0 Å². The van der Waals surface area contributed by atoms with Crippen LogP contribution in [0.25, 0.3) is 6.08 Å². The van der Waals surface area contributed by atoms with E-state index in [0.717, 1.165) is 11.3 Å². The summed E-state index contributed by atoms with van der Waals surface area (Å²) in [7, 11) is 1.83. The Labute approximate surface area is 134 Å². The summed E-state index contributed by atoms with van der Waals surface area (Å²) in [5.74, 6) is -0.159. The molecular formula is C17H18N4O2. The molecule has 0 bridgehead atoms. The number of carbonyl (C=O) groups is 2. The van der Waals surface area contributed by atoms with Crippen molar-refractivity contribution >= 4 is 29.8 Å². The second kappa shape index (κ2) is 8.23. The molecule has 0 unspecified atom stereocenters. The van der Waals surface area contributed by atoms with E-state index in [9.17, 15) is 9.59 Å². The smallest absolute Gasteiger partial charge is 0.255 e. The van der Waals surface area contributed by atoms with Crippen molar-refractivity contribution in [3.05, 3.63) is 65.9 Å². The third-order valence-electron chi connectivity index (χ3n) is 3.11. The Morgan fingerprint density at radius 1 is 0.913 bits per heavy atom. The molecular weight excluding hydrogens is 292 g/mol. The minimum atomic E-state index is -0.159. The van der Waals surface area contributed by atoms with Crippen LogP contribution in [-0.2, 0) is 4.79 Å². The number of hydrogen-bond donors (Lipinski definition) is 4. The standard InChI is InChI=1S/C17H18N4O2/c1-18-15-8-4-14(5-9-15)17(23)21-16-6-2-13(3-7-16)10-11-19-20-12-22/h2-12,18-19H,1H3,(H,20,22)(H,21,23)/b11-10+. The first-order valence-corrected chi connectivity index (χ1v) is 7.03. The van der Waals surface area contributed by atoms with Gasteiger partial charge in [0, 0.05) is 30.2 Å². The maximum atomic E-state index is 12.1. The highest BCUT2D eigenvalue weighted by molar-refractivity contribution is 6.04. The van der Waals surface area contributed by atoms with Crippen LogP contribution in [0.15, 0.2) is 54.7 Å². The number of hydrazine groups is 1. The highest BCUT2D eigenvalue weighted by Crippen LogP contribution is 2.14. The average Bonchev–Trinajstić information content (AvgIpc) is 2.60. The van der Waals surface area contributed by atoms with E-state index < -0.39 is 0 Å². The summed E-state index contributed by atoms with van der Waals surface area (Å²) in [6.07, 6.45) is 3.94. The molecule has 4 N–H and O–H groups in total. The molecule has 2 rings (SSSR count). The van der Waals surface area contributed by atoms with Gasteiger partial charge in [0.25, 0.3) is 5.91 Å². The Morgan fingerprint density at radius 3 is 2.17 bits per heavy atom. The molecule has 2 aromatic carbocycles. The predicted octanol–water partition coefficient (Wildman–Crippen LogP) is 2.20. The van der Waals surface area contributed by atoms with Crippen LogP contribution in [0.2, 0.25) is 0 Å². The lowest BCUT2D eigenvalue weighted by atomic mass is 10.1. The van der Waals surface area contributed by atoms with Gasteiger partial charge in [-0.2, -0.15) is 0 Å². The fraction of sp³-hybridized carbons (Fsp3) is 0.0588. The maximum absolute atomic E-state index is 12.1. The Hall–Kier alpha value is -3.28. The van der Waals surface area contributed by atoms with Crippen molar-refractivity contribution in [1.82, 2.24) is 10.9 Å². The molecule has 2 amide bonds. The van der Waals surface area contributed by atoms with Gasteiger partial charge in [0.2, 0.25) is 6.41 Å². The highest BCUT2D eigenvalue weighted by Gasteiger charge is 2.05. The van der Waals surface area contributed by atoms with Crippen molar-refractivity contribution in [2.75, 3.05) is 17.7 Å². The number of anilines is 2. The molecule has 6 nitrogen and oxygen atoms in total. The van der Waals surface area contributed by atoms with Crippen molar-refractivity contribution in [2.45, 2.75) is 0 Å². The summed E-state index contributed by atoms with van der Waals surface area (Å²) < 4.78 is 0. The zero-order chi connectivity index (χ0) is 16.5. The van der Waals surface area contributed by atoms with E-state index in [1.54, 1.807) is 24.4 Å². The summed E-state index contributed by atoms with van der Waals surface area (Å²) in [6.45, 7) is 0. The van der Waals surface area contributed by atoms with E-state index in [0.29, 0.717) is 17.7 Å². The van der Waals surface area contributed by atoms with E-state index in [4.69, 9.17) is 0 Å². The molecule has 0 fully saturated rings. The minimum Gasteiger partial charge on any atom is -0.388 e. The molecule has 0 spiro atoms. The summed E-state index contributed by atoms with van der Waals surface area (Å²) in [5, 5.41) is 5.85. The van der Waals surface area contributed by atoms with E-state index in [-0.39, 0.29) is 5.91 Å². The average molecular weight is 310 g/mol. The van der Waals surface area contributed by atoms with Crippen molar-refractivity contribution in [1.29, 1.82) is 0 Å². The van der Waals surface area contributed by atoms with Gasteiger partial charge < -0.3 is 16.1 Å². The van der Waals surface area contributed by atoms with E-state index in [1.165, 1.54) is 0 Å². The molecule has 0 heterocycles. The van der Waals surface area contributed by atoms with Gasteiger partial charge in [-0.15, -0.1) is 0 Å². The third kappa shape index (κ3) is 4.89. The van der Waals surface area contributed by atoms with Gasteiger partial charge in [0.05, 0.1) is 0 Å². The predicted molar refractivity (Wildman–Crippen MR) is 91.8 cm³/mol. The Bertz CT molecular complexity index is 679. The number of rotatable bonds is 7. The van der Waals surface area contributed by atoms with Crippen LogP contribution >= 0.6 is 0 Å². The van der Waals surface area contributed by atoms with Gasteiger partial charge in [-0.1, -0.05) is 12.1 Å². The number of amides is 2. The van der Waals surface area contributed by atoms with Crippen LogP contribution in [0.3, 0.4) is 0 Å². The number of nitrogens with one attached hydrogen (secondary N) is 4. The van der Waals surface area contributed by atoms with Gasteiger partial charge >= 0.3 is 0 Å². The summed E-state index contributed by atoms with van der Waals surface area (Å²) in [5.41, 5.74) is 8.08. The van der Waals surface area contributed by atoms with E-state index in [1.807, 2.05) is 43.4 Å². The van der Waals surface area contributed by atoms with Crippen molar-refractivity contribution < 1.29 is 9.59 Å². The van der Waals surface area contributed by atoms with Crippen LogP contribution in [0.1, 0.15) is 15.9 Å². The number of hydrogen-bond acceptors (Lipinski definition) is 4. The fourth-order valence-electron chi connectivity index (χ4n) is 1.89. The lowest BCUT2D eigenvalue weighted by Crippen LogP contribution is -2.24. The number of benzene rings is 2. The molecule has 0 saturated carbocycles. The molecule has 0 aliphatic heterocycles. The Balaban J connectivity index is 1.95. The molecule has 0 radical (unpaired) electrons. The van der Waals surface area contributed by atoms with Crippen molar-refractivity contribution in [3.8, 4) is 0 Å². The fourth-order valence-corrected chi connectivity index (χ4v) is 1.89. The first-order valence-electron chi connectivity index (χ1n) is 7.03. The van der Waals surface area contributed by atoms with Gasteiger partial charge in [-0.3, -0.25) is 15.0 Å². The van der Waals surface area contributed by atoms with Crippen LogP contribution in [0.4, 0.5) is 11.4 Å². The summed E-state index contributed by atoms with van der Waals surface area (Å²) >= 11 is 0. The lowest BCUT2D eigenvalue weighted by Gasteiger charge is -2.06. The summed E-state index contributed by atoms with van der Waals surface area (Å²) in [6, 6.07) is 14.6. The zero-order valence-corrected chi connectivity index (χ0v) is 12.7. The Kier molecular flexibility index (Phi) is 5.76. The maximum Gasteiger partial charge on any atom is 0.255 e. The first kappa shape index (κ1) is 16.1. The van der Waals surface area contributed by atoms with E-state index in [2.05, 4.69) is 21.5 Å². The minimum absolute atomic E-state index is 0.159. The van der Waals surface area contributed by atoms with Crippen LogP contribution in [-0.4, -0.2) is 19.4 Å². The second-order valence-electron chi connectivity index (χ2n) is 4.64. The quantitative estimate of drug-likeness (QED) is 0.359. The first-order chi connectivity index (χ1) is 11.2. The SMILES string of the molecule is CNc1ccc(C(=O)Nc2ccc(/C=C/NNC=O)cc2)cc1. The Morgan fingerprint density at radius 2 is 1.57 bits per heavy atom. The zero-order valence-electron chi connectivity index (χ0n) is 12.7. The van der Waals surface area contributed by atoms with Gasteiger partial charge in [-0.25, -0.2) is 0 Å². The molecule has 2 aromatic rings. The van der Waals surface area contributed by atoms with Crippen LogP contribution in [0, 0.1) is 0 Å². The normalized spacial score (nSPS) is 10.1. The molecule has 0 aromatic heterocycles. The van der Waals surface area contributed by atoms with Crippen molar-refractivity contribution in [2.24, 2.45) is 0 Å². The van der Waals surface area contributed by atoms with Crippen LogP contribution < -0.4 is 21.5 Å². The topological polar surface area (TPSA) is 82.3 Å². The molecule has 0 aliphatic rings. The van der Waals surface area contributed by atoms with Crippen LogP contribution in [0.5, 0.6) is 0 Å². The molecule has 0 saturated heterocycles. The van der Waals surface area contributed by atoms with Crippen molar-refractivity contribution in [3.63, 3.8) is 0 Å².